The van der Waals surface area contributed by atoms with Gasteiger partial charge in [-0.15, -0.1) is 0 Å². The van der Waals surface area contributed by atoms with Crippen LogP contribution in [0.25, 0.3) is 11.5 Å². The Morgan fingerprint density at radius 3 is 2.35 bits per heavy atom. The largest absolute Gasteiger partial charge is 0.485 e. The number of carbonyl (C=O) groups is 2. The minimum Gasteiger partial charge on any atom is -0.485 e. The molecule has 0 aliphatic heterocycles. The fraction of sp³-hybridized carbons (Fsp3) is 0.360. The molecule has 0 fully saturated rings. The van der Waals surface area contributed by atoms with Crippen molar-refractivity contribution in [1.29, 1.82) is 0 Å². The third kappa shape index (κ3) is 6.81. The molecule has 0 bridgehead atoms. The van der Waals surface area contributed by atoms with E-state index in [0.717, 1.165) is 16.7 Å². The summed E-state index contributed by atoms with van der Waals surface area (Å²) in [7, 11) is 0. The van der Waals surface area contributed by atoms with E-state index in [1.165, 1.54) is 4.90 Å². The van der Waals surface area contributed by atoms with E-state index in [2.05, 4.69) is 10.1 Å². The van der Waals surface area contributed by atoms with Gasteiger partial charge in [-0.05, 0) is 49.6 Å². The number of carboxylic acid groups (broad SMARTS) is 1. The van der Waals surface area contributed by atoms with Crippen LogP contribution in [0.4, 0.5) is 4.79 Å². The minimum atomic E-state index is -1.11. The zero-order valence-electron chi connectivity index (χ0n) is 19.7. The van der Waals surface area contributed by atoms with Crippen LogP contribution in [-0.4, -0.2) is 45.4 Å². The SMILES string of the molecule is Cc1ccc(-c2nc(COc3ccc([C@@H](C)N(CC(=O)O)C(=O)OCC(C)C)cc3)no2)cc1. The zero-order chi connectivity index (χ0) is 24.7. The van der Waals surface area contributed by atoms with Crippen LogP contribution in [0.5, 0.6) is 5.75 Å². The van der Waals surface area contributed by atoms with E-state index >= 15 is 0 Å². The lowest BCUT2D eigenvalue weighted by Gasteiger charge is -2.27. The molecular weight excluding hydrogens is 438 g/mol. The van der Waals surface area contributed by atoms with Crippen LogP contribution in [0.1, 0.15) is 43.8 Å². The number of hydrogen-bond donors (Lipinski definition) is 1. The van der Waals surface area contributed by atoms with Crippen LogP contribution in [0.15, 0.2) is 53.1 Å². The van der Waals surface area contributed by atoms with Crippen molar-refractivity contribution in [3.05, 3.63) is 65.5 Å². The Kier molecular flexibility index (Phi) is 8.24. The number of aliphatic carboxylic acids is 1. The van der Waals surface area contributed by atoms with Gasteiger partial charge >= 0.3 is 12.1 Å². The molecule has 1 heterocycles. The monoisotopic (exact) mass is 467 g/mol. The lowest BCUT2D eigenvalue weighted by molar-refractivity contribution is -0.138. The van der Waals surface area contributed by atoms with Gasteiger partial charge in [-0.3, -0.25) is 9.69 Å². The Labute approximate surface area is 198 Å². The molecule has 1 amide bonds. The highest BCUT2D eigenvalue weighted by molar-refractivity contribution is 5.77. The number of hydrogen-bond acceptors (Lipinski definition) is 7. The van der Waals surface area contributed by atoms with Gasteiger partial charge in [0.05, 0.1) is 12.6 Å². The fourth-order valence-electron chi connectivity index (χ4n) is 3.12. The molecule has 9 heteroatoms. The Bertz CT molecular complexity index is 1090. The summed E-state index contributed by atoms with van der Waals surface area (Å²) >= 11 is 0. The number of carboxylic acids is 1. The number of aromatic nitrogens is 2. The zero-order valence-corrected chi connectivity index (χ0v) is 19.7. The first kappa shape index (κ1) is 24.8. The average molecular weight is 468 g/mol. The maximum Gasteiger partial charge on any atom is 0.410 e. The molecule has 3 aromatic rings. The second-order valence-corrected chi connectivity index (χ2v) is 8.41. The second-order valence-electron chi connectivity index (χ2n) is 8.41. The van der Waals surface area contributed by atoms with Crippen molar-refractivity contribution in [2.45, 2.75) is 40.3 Å². The van der Waals surface area contributed by atoms with Crippen molar-refractivity contribution in [1.82, 2.24) is 15.0 Å². The predicted molar refractivity (Wildman–Crippen MR) is 124 cm³/mol. The van der Waals surface area contributed by atoms with Crippen molar-refractivity contribution in [3.63, 3.8) is 0 Å². The molecule has 0 unspecified atom stereocenters. The third-order valence-electron chi connectivity index (χ3n) is 5.04. The van der Waals surface area contributed by atoms with Crippen LogP contribution >= 0.6 is 0 Å². The molecule has 34 heavy (non-hydrogen) atoms. The molecule has 2 aromatic carbocycles. The van der Waals surface area contributed by atoms with E-state index in [0.29, 0.717) is 17.5 Å². The number of amides is 1. The molecule has 0 radical (unpaired) electrons. The van der Waals surface area contributed by atoms with Gasteiger partial charge in [0.2, 0.25) is 5.82 Å². The summed E-state index contributed by atoms with van der Waals surface area (Å²) in [4.78, 5) is 29.3. The second kappa shape index (κ2) is 11.3. The number of nitrogens with zero attached hydrogens (tertiary/aromatic N) is 3. The van der Waals surface area contributed by atoms with Crippen molar-refractivity contribution >= 4 is 12.1 Å². The number of aryl methyl sites for hydroxylation is 1. The molecule has 180 valence electrons. The standard InChI is InChI=1S/C25H29N3O6/c1-16(2)14-33-25(31)28(13-23(29)30)18(4)19-9-11-21(12-10-19)32-15-22-26-24(34-27-22)20-7-5-17(3)6-8-20/h5-12,16,18H,13-15H2,1-4H3,(H,29,30)/t18-/m1/s1. The molecule has 9 nitrogen and oxygen atoms in total. The van der Waals surface area contributed by atoms with Crippen molar-refractivity contribution in [2.24, 2.45) is 5.92 Å². The molecule has 0 saturated heterocycles. The van der Waals surface area contributed by atoms with Crippen LogP contribution in [0.3, 0.4) is 0 Å². The van der Waals surface area contributed by atoms with Crippen LogP contribution < -0.4 is 4.74 Å². The number of benzene rings is 2. The van der Waals surface area contributed by atoms with Gasteiger partial charge in [0.15, 0.2) is 6.61 Å². The highest BCUT2D eigenvalue weighted by atomic mass is 16.6. The fourth-order valence-corrected chi connectivity index (χ4v) is 3.12. The van der Waals surface area contributed by atoms with Gasteiger partial charge in [0, 0.05) is 5.56 Å². The summed E-state index contributed by atoms with van der Waals surface area (Å²) in [5, 5.41) is 13.2. The maximum atomic E-state index is 12.4. The topological polar surface area (TPSA) is 115 Å². The van der Waals surface area contributed by atoms with E-state index in [9.17, 15) is 14.7 Å². The van der Waals surface area contributed by atoms with E-state index < -0.39 is 24.6 Å². The molecule has 0 spiro atoms. The average Bonchev–Trinajstić information content (AvgIpc) is 3.29. The van der Waals surface area contributed by atoms with Gasteiger partial charge in [-0.25, -0.2) is 4.79 Å². The Morgan fingerprint density at radius 1 is 1.06 bits per heavy atom. The van der Waals surface area contributed by atoms with Gasteiger partial charge in [0.1, 0.15) is 12.3 Å². The van der Waals surface area contributed by atoms with Crippen molar-refractivity contribution in [3.8, 4) is 17.2 Å². The molecule has 0 saturated carbocycles. The number of rotatable bonds is 10. The van der Waals surface area contributed by atoms with E-state index in [4.69, 9.17) is 14.0 Å². The van der Waals surface area contributed by atoms with Crippen LogP contribution in [0, 0.1) is 12.8 Å². The summed E-state index contributed by atoms with van der Waals surface area (Å²) in [5.41, 5.74) is 2.72. The van der Waals surface area contributed by atoms with E-state index in [1.807, 2.05) is 45.0 Å². The van der Waals surface area contributed by atoms with Gasteiger partial charge in [-0.1, -0.05) is 48.8 Å². The van der Waals surface area contributed by atoms with E-state index in [-0.39, 0.29) is 19.1 Å². The smallest absolute Gasteiger partial charge is 0.410 e. The van der Waals surface area contributed by atoms with Crippen molar-refractivity contribution < 1.29 is 28.7 Å². The molecule has 0 aliphatic rings. The molecule has 1 aromatic heterocycles. The summed E-state index contributed by atoms with van der Waals surface area (Å²) in [6.07, 6.45) is -0.662. The summed E-state index contributed by atoms with van der Waals surface area (Å²) in [6, 6.07) is 14.3. The van der Waals surface area contributed by atoms with Crippen LogP contribution in [0.2, 0.25) is 0 Å². The summed E-state index contributed by atoms with van der Waals surface area (Å²) in [5.74, 6) is 0.442. The Hall–Kier alpha value is -3.88. The number of carbonyl (C=O) groups excluding carboxylic acids is 1. The normalized spacial score (nSPS) is 11.8. The third-order valence-corrected chi connectivity index (χ3v) is 5.04. The highest BCUT2D eigenvalue weighted by Gasteiger charge is 2.25. The first-order chi connectivity index (χ1) is 16.2. The molecule has 1 N–H and O–H groups in total. The first-order valence-electron chi connectivity index (χ1n) is 11.0. The molecular formula is C25H29N3O6. The lowest BCUT2D eigenvalue weighted by Crippen LogP contribution is -2.38. The lowest BCUT2D eigenvalue weighted by atomic mass is 10.1. The van der Waals surface area contributed by atoms with Gasteiger partial charge < -0.3 is 19.1 Å². The molecule has 1 atom stereocenters. The molecule has 3 rings (SSSR count). The summed E-state index contributed by atoms with van der Waals surface area (Å²) < 4.78 is 16.3. The maximum absolute atomic E-state index is 12.4. The van der Waals surface area contributed by atoms with Gasteiger partial charge in [-0.2, -0.15) is 4.98 Å². The van der Waals surface area contributed by atoms with Gasteiger partial charge in [0.25, 0.3) is 5.89 Å². The summed E-state index contributed by atoms with van der Waals surface area (Å²) in [6.45, 7) is 7.46. The molecule has 0 aliphatic carbocycles. The van der Waals surface area contributed by atoms with Crippen molar-refractivity contribution in [2.75, 3.05) is 13.2 Å². The quantitative estimate of drug-likeness (QED) is 0.449. The minimum absolute atomic E-state index is 0.122. The predicted octanol–water partition coefficient (Wildman–Crippen LogP) is 4.86. The van der Waals surface area contributed by atoms with E-state index in [1.54, 1.807) is 31.2 Å². The van der Waals surface area contributed by atoms with Crippen LogP contribution in [-0.2, 0) is 16.1 Å². The number of ether oxygens (including phenoxy) is 2. The first-order valence-corrected chi connectivity index (χ1v) is 11.0. The Balaban J connectivity index is 1.61. The highest BCUT2D eigenvalue weighted by Crippen LogP contribution is 2.24. The Morgan fingerprint density at radius 2 is 1.74 bits per heavy atom.